The lowest BCUT2D eigenvalue weighted by Gasteiger charge is -2.22. The zero-order valence-corrected chi connectivity index (χ0v) is 20.1. The number of carboxylic acids is 1. The molecule has 182 valence electrons. The Bertz CT molecular complexity index is 943. The Morgan fingerprint density at radius 3 is 2.32 bits per heavy atom. The van der Waals surface area contributed by atoms with E-state index in [0.717, 1.165) is 42.9 Å². The van der Waals surface area contributed by atoms with Gasteiger partial charge >= 0.3 is 5.97 Å². The minimum Gasteiger partial charge on any atom is -0.493 e. The van der Waals surface area contributed by atoms with Gasteiger partial charge in [-0.2, -0.15) is 0 Å². The number of aromatic nitrogens is 1. The maximum atomic E-state index is 12.9. The molecule has 0 spiro atoms. The van der Waals surface area contributed by atoms with Gasteiger partial charge in [-0.1, -0.05) is 38.0 Å². The molecule has 2 aliphatic rings. The van der Waals surface area contributed by atoms with Gasteiger partial charge in [-0.05, 0) is 66.8 Å². The molecule has 4 rings (SSSR count). The standard InChI is InChI=1S/C28H36N2O4/c1-2-20-7-10-25(29-17-20)13-14-34-26-11-8-21(9-12-26)15-24(28(32)33)16-27(31)30-18-22-5-3-4-6-23(22)19-30/h7-12,17,22-24H,2-6,13-16,18-19H2,1H3,(H,32,33)/t22-,23+,24-/m1/s1. The molecule has 6 heteroatoms. The Kier molecular flexibility index (Phi) is 8.20. The number of amides is 1. The minimum absolute atomic E-state index is 0.0117. The fourth-order valence-corrected chi connectivity index (χ4v) is 5.29. The molecule has 1 saturated carbocycles. The van der Waals surface area contributed by atoms with Crippen LogP contribution in [0.15, 0.2) is 42.6 Å². The van der Waals surface area contributed by atoms with Gasteiger partial charge in [0.15, 0.2) is 0 Å². The maximum Gasteiger partial charge on any atom is 0.307 e. The van der Waals surface area contributed by atoms with E-state index in [4.69, 9.17) is 4.74 Å². The van der Waals surface area contributed by atoms with Crippen LogP contribution in [0.4, 0.5) is 0 Å². The summed E-state index contributed by atoms with van der Waals surface area (Å²) in [5, 5.41) is 9.74. The van der Waals surface area contributed by atoms with Crippen molar-refractivity contribution >= 4 is 11.9 Å². The van der Waals surface area contributed by atoms with Gasteiger partial charge in [0.1, 0.15) is 5.75 Å². The molecule has 1 aliphatic carbocycles. The minimum atomic E-state index is -0.910. The van der Waals surface area contributed by atoms with Gasteiger partial charge in [-0.15, -0.1) is 0 Å². The van der Waals surface area contributed by atoms with Crippen LogP contribution < -0.4 is 4.74 Å². The summed E-state index contributed by atoms with van der Waals surface area (Å²) in [4.78, 5) is 31.1. The van der Waals surface area contributed by atoms with Crippen LogP contribution in [-0.2, 0) is 28.9 Å². The average Bonchev–Trinajstić information content (AvgIpc) is 3.29. The third-order valence-electron chi connectivity index (χ3n) is 7.43. The van der Waals surface area contributed by atoms with Gasteiger partial charge in [0.25, 0.3) is 0 Å². The molecule has 1 aromatic heterocycles. The van der Waals surface area contributed by atoms with Crippen molar-refractivity contribution < 1.29 is 19.4 Å². The molecule has 1 N–H and O–H groups in total. The molecule has 0 unspecified atom stereocenters. The third-order valence-corrected chi connectivity index (χ3v) is 7.43. The lowest BCUT2D eigenvalue weighted by Crippen LogP contribution is -2.33. The number of hydrogen-bond acceptors (Lipinski definition) is 4. The number of rotatable bonds is 10. The summed E-state index contributed by atoms with van der Waals surface area (Å²) in [6.07, 6.45) is 8.93. The molecular formula is C28H36N2O4. The number of likely N-dealkylation sites (tertiary alicyclic amines) is 1. The van der Waals surface area contributed by atoms with E-state index < -0.39 is 11.9 Å². The number of carbonyl (C=O) groups is 2. The third kappa shape index (κ3) is 6.37. The quantitative estimate of drug-likeness (QED) is 0.558. The lowest BCUT2D eigenvalue weighted by molar-refractivity contribution is -0.145. The lowest BCUT2D eigenvalue weighted by atomic mass is 9.82. The Morgan fingerprint density at radius 1 is 1.06 bits per heavy atom. The Balaban J connectivity index is 1.25. The monoisotopic (exact) mass is 464 g/mol. The van der Waals surface area contributed by atoms with E-state index in [1.54, 1.807) is 0 Å². The molecule has 2 aromatic rings. The van der Waals surface area contributed by atoms with Crippen LogP contribution in [-0.4, -0.2) is 46.6 Å². The van der Waals surface area contributed by atoms with Gasteiger partial charge in [-0.3, -0.25) is 14.6 Å². The second kappa shape index (κ2) is 11.5. The smallest absolute Gasteiger partial charge is 0.307 e. The van der Waals surface area contributed by atoms with Crippen LogP contribution in [0.3, 0.4) is 0 Å². The summed E-state index contributed by atoms with van der Waals surface area (Å²) < 4.78 is 5.84. The molecule has 1 aliphatic heterocycles. The van der Waals surface area contributed by atoms with Gasteiger partial charge in [0.05, 0.1) is 12.5 Å². The normalized spacial score (nSPS) is 20.6. The molecule has 1 amide bonds. The Labute approximate surface area is 202 Å². The molecule has 0 radical (unpaired) electrons. The van der Waals surface area contributed by atoms with Crippen LogP contribution in [0, 0.1) is 17.8 Å². The summed E-state index contributed by atoms with van der Waals surface area (Å²) in [6, 6.07) is 11.7. The number of carbonyl (C=O) groups excluding carboxylic acids is 1. The zero-order chi connectivity index (χ0) is 23.9. The Hall–Kier alpha value is -2.89. The summed E-state index contributed by atoms with van der Waals surface area (Å²) in [5.41, 5.74) is 3.12. The average molecular weight is 465 g/mol. The van der Waals surface area contributed by atoms with Crippen molar-refractivity contribution in [2.75, 3.05) is 19.7 Å². The van der Waals surface area contributed by atoms with Crippen molar-refractivity contribution in [3.8, 4) is 5.75 Å². The first-order valence-corrected chi connectivity index (χ1v) is 12.7. The van der Waals surface area contributed by atoms with Crippen LogP contribution in [0.1, 0.15) is 55.8 Å². The first-order chi connectivity index (χ1) is 16.5. The number of hydrogen-bond donors (Lipinski definition) is 1. The molecule has 2 fully saturated rings. The molecule has 0 bridgehead atoms. The zero-order valence-electron chi connectivity index (χ0n) is 20.1. The van der Waals surface area contributed by atoms with Crippen molar-refractivity contribution in [2.45, 2.75) is 58.3 Å². The SMILES string of the molecule is CCc1ccc(CCOc2ccc(C[C@H](CC(=O)N3C[C@H]4CCCC[C@H]4C3)C(=O)O)cc2)nc1. The predicted molar refractivity (Wildman–Crippen MR) is 131 cm³/mol. The van der Waals surface area contributed by atoms with Gasteiger partial charge in [0.2, 0.25) is 5.91 Å². The Morgan fingerprint density at radius 2 is 1.74 bits per heavy atom. The largest absolute Gasteiger partial charge is 0.493 e. The van der Waals surface area contributed by atoms with E-state index in [1.807, 2.05) is 41.4 Å². The summed E-state index contributed by atoms with van der Waals surface area (Å²) in [6.45, 7) is 4.25. The van der Waals surface area contributed by atoms with Gasteiger partial charge in [-0.25, -0.2) is 0 Å². The summed E-state index contributed by atoms with van der Waals surface area (Å²) in [5.74, 6) is 0.338. The summed E-state index contributed by atoms with van der Waals surface area (Å²) in [7, 11) is 0. The molecule has 34 heavy (non-hydrogen) atoms. The number of carboxylic acid groups (broad SMARTS) is 1. The first kappa shape index (κ1) is 24.2. The topological polar surface area (TPSA) is 79.7 Å². The number of aliphatic carboxylic acids is 1. The van der Waals surface area contributed by atoms with Crippen LogP contribution in [0.5, 0.6) is 5.75 Å². The van der Waals surface area contributed by atoms with Gasteiger partial charge < -0.3 is 14.7 Å². The van der Waals surface area contributed by atoms with E-state index in [9.17, 15) is 14.7 Å². The number of nitrogens with zero attached hydrogens (tertiary/aromatic N) is 2. The van der Waals surface area contributed by atoms with Crippen molar-refractivity contribution in [3.63, 3.8) is 0 Å². The molecule has 1 saturated heterocycles. The van der Waals surface area contributed by atoms with Crippen molar-refractivity contribution in [1.29, 1.82) is 0 Å². The van der Waals surface area contributed by atoms with Crippen LogP contribution in [0.2, 0.25) is 0 Å². The van der Waals surface area contributed by atoms with E-state index in [-0.39, 0.29) is 12.3 Å². The van der Waals surface area contributed by atoms with Crippen molar-refractivity contribution in [1.82, 2.24) is 9.88 Å². The fraction of sp³-hybridized carbons (Fsp3) is 0.536. The van der Waals surface area contributed by atoms with Gasteiger partial charge in [0, 0.05) is 37.8 Å². The van der Waals surface area contributed by atoms with E-state index in [0.29, 0.717) is 24.9 Å². The first-order valence-electron chi connectivity index (χ1n) is 12.7. The van der Waals surface area contributed by atoms with Crippen LogP contribution in [0.25, 0.3) is 0 Å². The highest BCUT2D eigenvalue weighted by Gasteiger charge is 2.37. The number of benzene rings is 1. The highest BCUT2D eigenvalue weighted by Crippen LogP contribution is 2.36. The number of aryl methyl sites for hydroxylation is 1. The molecule has 6 nitrogen and oxygen atoms in total. The second-order valence-electron chi connectivity index (χ2n) is 9.80. The molecule has 2 heterocycles. The summed E-state index contributed by atoms with van der Waals surface area (Å²) >= 11 is 0. The molecular weight excluding hydrogens is 428 g/mol. The second-order valence-corrected chi connectivity index (χ2v) is 9.80. The molecule has 3 atom stereocenters. The van der Waals surface area contributed by atoms with Crippen molar-refractivity contribution in [2.24, 2.45) is 17.8 Å². The number of pyridine rings is 1. The van der Waals surface area contributed by atoms with E-state index >= 15 is 0 Å². The fourth-order valence-electron chi connectivity index (χ4n) is 5.29. The molecule has 1 aromatic carbocycles. The number of fused-ring (bicyclic) bond motifs is 1. The predicted octanol–water partition coefficient (Wildman–Crippen LogP) is 4.55. The van der Waals surface area contributed by atoms with Crippen molar-refractivity contribution in [3.05, 3.63) is 59.4 Å². The van der Waals surface area contributed by atoms with E-state index in [1.165, 1.54) is 31.2 Å². The van der Waals surface area contributed by atoms with Crippen LogP contribution >= 0.6 is 0 Å². The number of ether oxygens (including phenoxy) is 1. The van der Waals surface area contributed by atoms with E-state index in [2.05, 4.69) is 18.0 Å². The highest BCUT2D eigenvalue weighted by molar-refractivity contribution is 5.82. The maximum absolute atomic E-state index is 12.9. The highest BCUT2D eigenvalue weighted by atomic mass is 16.5.